The highest BCUT2D eigenvalue weighted by atomic mass is 32.1. The molecule has 0 bridgehead atoms. The fourth-order valence-corrected chi connectivity index (χ4v) is 3.24. The van der Waals surface area contributed by atoms with Gasteiger partial charge in [0.15, 0.2) is 5.01 Å². The molecule has 2 heterocycles. The number of benzene rings is 1. The van der Waals surface area contributed by atoms with E-state index >= 15 is 0 Å². The van der Waals surface area contributed by atoms with Gasteiger partial charge in [-0.25, -0.2) is 0 Å². The Hall–Kier alpha value is -2.60. The third-order valence-electron chi connectivity index (χ3n) is 3.56. The molecule has 1 N–H and O–H groups in total. The SMILES string of the molecule is CC(=O)NC(Cc1ccc(C)cc1)c1nnc(-c2ccccn2)s1. The number of pyridine rings is 1. The molecule has 2 aromatic heterocycles. The molecule has 3 rings (SSSR count). The first kappa shape index (κ1) is 16.3. The summed E-state index contributed by atoms with van der Waals surface area (Å²) in [6.45, 7) is 3.57. The van der Waals surface area contributed by atoms with Gasteiger partial charge in [-0.2, -0.15) is 0 Å². The molecule has 0 radical (unpaired) electrons. The standard InChI is InChI=1S/C18H18N4OS/c1-12-6-8-14(9-7-12)11-16(20-13(2)23)18-22-21-17(24-18)15-5-3-4-10-19-15/h3-10,16H,11H2,1-2H3,(H,20,23). The zero-order chi connectivity index (χ0) is 16.9. The first-order valence-corrected chi connectivity index (χ1v) is 8.51. The lowest BCUT2D eigenvalue weighted by molar-refractivity contribution is -0.119. The largest absolute Gasteiger partial charge is 0.347 e. The van der Waals surface area contributed by atoms with Crippen LogP contribution >= 0.6 is 11.3 Å². The van der Waals surface area contributed by atoms with Crippen LogP contribution in [-0.2, 0) is 11.2 Å². The summed E-state index contributed by atoms with van der Waals surface area (Å²) in [5, 5.41) is 13.0. The van der Waals surface area contributed by atoms with E-state index < -0.39 is 0 Å². The first-order chi connectivity index (χ1) is 11.6. The van der Waals surface area contributed by atoms with Crippen LogP contribution in [-0.4, -0.2) is 21.1 Å². The highest BCUT2D eigenvalue weighted by Gasteiger charge is 2.19. The van der Waals surface area contributed by atoms with Crippen molar-refractivity contribution in [1.29, 1.82) is 0 Å². The van der Waals surface area contributed by atoms with E-state index in [0.717, 1.165) is 21.3 Å². The molecular weight excluding hydrogens is 320 g/mol. The third kappa shape index (κ3) is 4.02. The molecule has 0 spiro atoms. The summed E-state index contributed by atoms with van der Waals surface area (Å²) in [7, 11) is 0. The molecule has 1 amide bonds. The van der Waals surface area contributed by atoms with Gasteiger partial charge in [-0.1, -0.05) is 47.2 Å². The van der Waals surface area contributed by atoms with Crippen molar-refractivity contribution in [2.45, 2.75) is 26.3 Å². The van der Waals surface area contributed by atoms with Gasteiger partial charge in [-0.3, -0.25) is 9.78 Å². The normalized spacial score (nSPS) is 11.9. The minimum absolute atomic E-state index is 0.0818. The van der Waals surface area contributed by atoms with Gasteiger partial charge in [0.2, 0.25) is 5.91 Å². The topological polar surface area (TPSA) is 67.8 Å². The van der Waals surface area contributed by atoms with Crippen LogP contribution in [0.4, 0.5) is 0 Å². The molecule has 5 nitrogen and oxygen atoms in total. The minimum atomic E-state index is -0.194. The lowest BCUT2D eigenvalue weighted by Crippen LogP contribution is -2.27. The molecule has 24 heavy (non-hydrogen) atoms. The molecule has 0 aliphatic carbocycles. The van der Waals surface area contributed by atoms with E-state index in [1.165, 1.54) is 23.8 Å². The number of nitrogens with one attached hydrogen (secondary N) is 1. The fraction of sp³-hybridized carbons (Fsp3) is 0.222. The Kier molecular flexibility index (Phi) is 4.96. The summed E-state index contributed by atoms with van der Waals surface area (Å²) < 4.78 is 0. The quantitative estimate of drug-likeness (QED) is 0.775. The number of nitrogens with zero attached hydrogens (tertiary/aromatic N) is 3. The van der Waals surface area contributed by atoms with Crippen molar-refractivity contribution < 1.29 is 4.79 Å². The van der Waals surface area contributed by atoms with E-state index in [-0.39, 0.29) is 11.9 Å². The van der Waals surface area contributed by atoms with Crippen LogP contribution in [0, 0.1) is 6.92 Å². The average Bonchev–Trinajstić information content (AvgIpc) is 3.07. The number of hydrogen-bond donors (Lipinski definition) is 1. The maximum absolute atomic E-state index is 11.6. The monoisotopic (exact) mass is 338 g/mol. The molecule has 0 aliphatic rings. The van der Waals surface area contributed by atoms with E-state index in [2.05, 4.69) is 51.7 Å². The molecule has 0 saturated carbocycles. The van der Waals surface area contributed by atoms with Gasteiger partial charge >= 0.3 is 0 Å². The predicted molar refractivity (Wildman–Crippen MR) is 94.6 cm³/mol. The van der Waals surface area contributed by atoms with Crippen molar-refractivity contribution >= 4 is 17.2 Å². The maximum atomic E-state index is 11.6. The van der Waals surface area contributed by atoms with Gasteiger partial charge in [0.1, 0.15) is 10.7 Å². The van der Waals surface area contributed by atoms with Crippen LogP contribution in [0.25, 0.3) is 10.7 Å². The minimum Gasteiger partial charge on any atom is -0.347 e. The number of carbonyl (C=O) groups excluding carboxylic acids is 1. The van der Waals surface area contributed by atoms with E-state index in [9.17, 15) is 4.79 Å². The number of aryl methyl sites for hydroxylation is 1. The highest BCUT2D eigenvalue weighted by Crippen LogP contribution is 2.27. The first-order valence-electron chi connectivity index (χ1n) is 7.69. The van der Waals surface area contributed by atoms with Crippen LogP contribution in [0.3, 0.4) is 0 Å². The van der Waals surface area contributed by atoms with E-state index in [1.807, 2.05) is 18.2 Å². The molecule has 3 aromatic rings. The number of carbonyl (C=O) groups is 1. The van der Waals surface area contributed by atoms with E-state index in [4.69, 9.17) is 0 Å². The summed E-state index contributed by atoms with van der Waals surface area (Å²) >= 11 is 1.46. The zero-order valence-electron chi connectivity index (χ0n) is 13.6. The van der Waals surface area contributed by atoms with Crippen molar-refractivity contribution in [1.82, 2.24) is 20.5 Å². The number of rotatable bonds is 5. The molecule has 1 aromatic carbocycles. The Balaban J connectivity index is 1.84. The molecule has 1 atom stereocenters. The van der Waals surface area contributed by atoms with Crippen LogP contribution in [0.1, 0.15) is 29.1 Å². The Labute approximate surface area is 144 Å². The van der Waals surface area contributed by atoms with Crippen LogP contribution in [0.15, 0.2) is 48.7 Å². The van der Waals surface area contributed by atoms with Crippen molar-refractivity contribution in [3.05, 3.63) is 64.8 Å². The Bertz CT molecular complexity index is 815. The Morgan fingerprint density at radius 1 is 1.17 bits per heavy atom. The summed E-state index contributed by atoms with van der Waals surface area (Å²) in [4.78, 5) is 15.9. The summed E-state index contributed by atoms with van der Waals surface area (Å²) in [6.07, 6.45) is 2.41. The zero-order valence-corrected chi connectivity index (χ0v) is 14.4. The molecule has 6 heteroatoms. The second-order valence-electron chi connectivity index (χ2n) is 5.60. The average molecular weight is 338 g/mol. The van der Waals surface area contributed by atoms with Gasteiger partial charge < -0.3 is 5.32 Å². The number of amides is 1. The summed E-state index contributed by atoms with van der Waals surface area (Å²) in [6, 6.07) is 13.8. The van der Waals surface area contributed by atoms with Crippen LogP contribution in [0.2, 0.25) is 0 Å². The summed E-state index contributed by atoms with van der Waals surface area (Å²) in [5.74, 6) is -0.0818. The smallest absolute Gasteiger partial charge is 0.217 e. The lowest BCUT2D eigenvalue weighted by Gasteiger charge is -2.15. The molecule has 0 fully saturated rings. The maximum Gasteiger partial charge on any atom is 0.217 e. The van der Waals surface area contributed by atoms with Crippen LogP contribution in [0.5, 0.6) is 0 Å². The van der Waals surface area contributed by atoms with Gasteiger partial charge in [0.05, 0.1) is 6.04 Å². The van der Waals surface area contributed by atoms with Crippen molar-refractivity contribution in [3.63, 3.8) is 0 Å². The number of aromatic nitrogens is 3. The van der Waals surface area contributed by atoms with Gasteiger partial charge in [-0.05, 0) is 31.0 Å². The van der Waals surface area contributed by atoms with Crippen LogP contribution < -0.4 is 5.32 Å². The molecule has 0 aliphatic heterocycles. The van der Waals surface area contributed by atoms with E-state index in [1.54, 1.807) is 6.20 Å². The molecule has 122 valence electrons. The molecule has 1 unspecified atom stereocenters. The Morgan fingerprint density at radius 2 is 1.96 bits per heavy atom. The van der Waals surface area contributed by atoms with Gasteiger partial charge in [0.25, 0.3) is 0 Å². The predicted octanol–water partition coefficient (Wildman–Crippen LogP) is 3.33. The van der Waals surface area contributed by atoms with Crippen molar-refractivity contribution in [3.8, 4) is 10.7 Å². The third-order valence-corrected chi connectivity index (χ3v) is 4.62. The molecular formula is C18H18N4OS. The Morgan fingerprint density at radius 3 is 2.62 bits per heavy atom. The second kappa shape index (κ2) is 7.31. The second-order valence-corrected chi connectivity index (χ2v) is 6.61. The number of hydrogen-bond acceptors (Lipinski definition) is 5. The van der Waals surface area contributed by atoms with Gasteiger partial charge in [-0.15, -0.1) is 10.2 Å². The molecule has 0 saturated heterocycles. The fourth-order valence-electron chi connectivity index (χ4n) is 2.37. The van der Waals surface area contributed by atoms with Crippen molar-refractivity contribution in [2.24, 2.45) is 0 Å². The van der Waals surface area contributed by atoms with Crippen molar-refractivity contribution in [2.75, 3.05) is 0 Å². The van der Waals surface area contributed by atoms with E-state index in [0.29, 0.717) is 6.42 Å². The summed E-state index contributed by atoms with van der Waals surface area (Å²) in [5.41, 5.74) is 3.15. The van der Waals surface area contributed by atoms with Gasteiger partial charge in [0, 0.05) is 13.1 Å². The highest BCUT2D eigenvalue weighted by molar-refractivity contribution is 7.14. The lowest BCUT2D eigenvalue weighted by atomic mass is 10.0.